The van der Waals surface area contributed by atoms with Gasteiger partial charge in [-0.25, -0.2) is 23.1 Å². The zero-order valence-electron chi connectivity index (χ0n) is 24.5. The van der Waals surface area contributed by atoms with Gasteiger partial charge in [0.05, 0.1) is 11.9 Å². The van der Waals surface area contributed by atoms with Gasteiger partial charge in [-0.05, 0) is 80.8 Å². The topological polar surface area (TPSA) is 121 Å². The fourth-order valence-corrected chi connectivity index (χ4v) is 6.65. The third-order valence-electron chi connectivity index (χ3n) is 8.26. The van der Waals surface area contributed by atoms with Crippen LogP contribution in [-0.4, -0.2) is 47.3 Å². The monoisotopic (exact) mass is 589 g/mol. The van der Waals surface area contributed by atoms with Gasteiger partial charge < -0.3 is 5.32 Å². The number of aromatic nitrogens is 2. The summed E-state index contributed by atoms with van der Waals surface area (Å²) in [7, 11) is -3.64. The van der Waals surface area contributed by atoms with Crippen LogP contribution in [0.1, 0.15) is 88.0 Å². The van der Waals surface area contributed by atoms with Crippen LogP contribution in [0, 0.1) is 19.8 Å². The van der Waals surface area contributed by atoms with Crippen LogP contribution in [0.25, 0.3) is 0 Å². The van der Waals surface area contributed by atoms with Crippen LogP contribution in [0.5, 0.6) is 0 Å². The van der Waals surface area contributed by atoms with E-state index in [1.165, 1.54) is 28.8 Å². The summed E-state index contributed by atoms with van der Waals surface area (Å²) in [5.41, 5.74) is 6.46. The van der Waals surface area contributed by atoms with Crippen LogP contribution in [0.15, 0.2) is 48.7 Å². The first kappa shape index (κ1) is 29.8. The minimum Gasteiger partial charge on any atom is -0.324 e. The lowest BCUT2D eigenvalue weighted by Gasteiger charge is -2.26. The number of nitrogens with zero attached hydrogens (tertiary/aromatic N) is 3. The molecule has 1 unspecified atom stereocenters. The number of Topliss-reactive ketones (excluding diaryl/α,β-unsaturated/α-hetero) is 1. The fraction of sp³-hybridized carbons (Fsp3) is 0.438. The molecule has 3 aromatic rings. The van der Waals surface area contributed by atoms with E-state index >= 15 is 0 Å². The highest BCUT2D eigenvalue weighted by molar-refractivity contribution is 7.89. The molecule has 9 nitrogen and oxygen atoms in total. The second-order valence-corrected chi connectivity index (χ2v) is 13.6. The quantitative estimate of drug-likeness (QED) is 0.250. The Hall–Kier alpha value is -3.63. The van der Waals surface area contributed by atoms with Crippen molar-refractivity contribution in [1.29, 1.82) is 0 Å². The molecular weight excluding hydrogens is 550 g/mol. The molecule has 1 fully saturated rings. The van der Waals surface area contributed by atoms with Crippen molar-refractivity contribution >= 4 is 33.3 Å². The Morgan fingerprint density at radius 1 is 0.952 bits per heavy atom. The second kappa shape index (κ2) is 12.7. The number of benzene rings is 2. The molecule has 222 valence electrons. The Morgan fingerprint density at radius 2 is 1.67 bits per heavy atom. The summed E-state index contributed by atoms with van der Waals surface area (Å²) in [5.74, 6) is 0.492. The van der Waals surface area contributed by atoms with Gasteiger partial charge in [0.25, 0.3) is 5.91 Å². The molecule has 2 aromatic carbocycles. The summed E-state index contributed by atoms with van der Waals surface area (Å²) < 4.78 is 24.5. The molecule has 1 aliphatic carbocycles. The number of ketones is 1. The van der Waals surface area contributed by atoms with E-state index in [4.69, 9.17) is 4.98 Å². The summed E-state index contributed by atoms with van der Waals surface area (Å²) in [5, 5.41) is 3.37. The van der Waals surface area contributed by atoms with E-state index < -0.39 is 15.9 Å². The van der Waals surface area contributed by atoms with E-state index in [2.05, 4.69) is 47.2 Å². The van der Waals surface area contributed by atoms with Crippen molar-refractivity contribution < 1.29 is 18.0 Å². The zero-order chi connectivity index (χ0) is 29.9. The van der Waals surface area contributed by atoms with Gasteiger partial charge in [0, 0.05) is 54.1 Å². The first-order chi connectivity index (χ1) is 20.0. The molecule has 2 heterocycles. The third kappa shape index (κ3) is 7.80. The summed E-state index contributed by atoms with van der Waals surface area (Å²) in [6.45, 7) is 5.89. The van der Waals surface area contributed by atoms with E-state index in [-0.39, 0.29) is 11.3 Å². The predicted octanol–water partition coefficient (Wildman–Crippen LogP) is 5.45. The molecule has 0 bridgehead atoms. The largest absolute Gasteiger partial charge is 0.324 e. The number of amides is 1. The average molecular weight is 590 g/mol. The van der Waals surface area contributed by atoms with Gasteiger partial charge in [0.15, 0.2) is 5.78 Å². The molecule has 10 heteroatoms. The van der Waals surface area contributed by atoms with E-state index in [0.29, 0.717) is 29.9 Å². The molecule has 2 aliphatic rings. The third-order valence-corrected chi connectivity index (χ3v) is 8.82. The van der Waals surface area contributed by atoms with Crippen molar-refractivity contribution in [2.75, 3.05) is 11.6 Å². The van der Waals surface area contributed by atoms with Crippen molar-refractivity contribution in [1.82, 2.24) is 19.6 Å². The highest BCUT2D eigenvalue weighted by Gasteiger charge is 2.30. The second-order valence-electron chi connectivity index (χ2n) is 11.8. The van der Waals surface area contributed by atoms with Gasteiger partial charge in [0.1, 0.15) is 0 Å². The summed E-state index contributed by atoms with van der Waals surface area (Å²) >= 11 is 0. The van der Waals surface area contributed by atoms with Crippen molar-refractivity contribution in [2.45, 2.75) is 77.9 Å². The molecule has 1 aliphatic heterocycles. The molecule has 2 atom stereocenters. The van der Waals surface area contributed by atoms with Gasteiger partial charge >= 0.3 is 0 Å². The lowest BCUT2D eigenvalue weighted by atomic mass is 9.92. The number of carbonyl (C=O) groups is 2. The minimum absolute atomic E-state index is 0.0460. The number of sulfonamides is 1. The number of anilines is 2. The first-order valence-electron chi connectivity index (χ1n) is 14.6. The first-order valence-corrected chi connectivity index (χ1v) is 16.5. The highest BCUT2D eigenvalue weighted by Crippen LogP contribution is 2.33. The molecule has 2 N–H and O–H groups in total. The van der Waals surface area contributed by atoms with Gasteiger partial charge in [-0.3, -0.25) is 14.5 Å². The van der Waals surface area contributed by atoms with Crippen molar-refractivity contribution in [3.63, 3.8) is 0 Å². The lowest BCUT2D eigenvalue weighted by Crippen LogP contribution is -2.30. The van der Waals surface area contributed by atoms with E-state index in [9.17, 15) is 18.0 Å². The molecule has 1 aromatic heterocycles. The van der Waals surface area contributed by atoms with Crippen LogP contribution in [0.4, 0.5) is 11.6 Å². The van der Waals surface area contributed by atoms with Gasteiger partial charge in [0.2, 0.25) is 16.0 Å². The fourth-order valence-electron chi connectivity index (χ4n) is 6.20. The maximum Gasteiger partial charge on any atom is 0.264 e. The predicted molar refractivity (Wildman–Crippen MR) is 163 cm³/mol. The van der Waals surface area contributed by atoms with E-state index in [1.807, 2.05) is 10.9 Å². The minimum atomic E-state index is -3.64. The average Bonchev–Trinajstić information content (AvgIpc) is 3.20. The van der Waals surface area contributed by atoms with E-state index in [0.717, 1.165) is 69.3 Å². The Balaban J connectivity index is 1.10. The smallest absolute Gasteiger partial charge is 0.264 e. The summed E-state index contributed by atoms with van der Waals surface area (Å²) in [4.78, 5) is 36.8. The Bertz CT molecular complexity index is 1550. The van der Waals surface area contributed by atoms with Crippen molar-refractivity contribution in [2.24, 2.45) is 5.92 Å². The Labute approximate surface area is 248 Å². The normalized spacial score (nSPS) is 19.1. The summed E-state index contributed by atoms with van der Waals surface area (Å²) in [6, 6.07) is 13.0. The van der Waals surface area contributed by atoms with E-state index in [1.54, 1.807) is 12.1 Å². The molecule has 1 amide bonds. The number of hydrogen-bond acceptors (Lipinski definition) is 8. The maximum atomic E-state index is 12.8. The maximum absolute atomic E-state index is 12.8. The standard InChI is InChI=1S/C32H39N5O4S/c1-21-15-22(2)17-27(16-21)34-32-33-18-26-19-37(20-29(26)35-32)28-6-4-5-23(7-13-28)8-14-30(38)24-9-11-25(12-10-24)31(39)36-42(3,40)41/h9-12,15-18,23,28H,4-8,13-14,19-20H2,1-3H3,(H,36,39)(H,33,34,35)/t23?,28-/m0/s1. The lowest BCUT2D eigenvalue weighted by molar-refractivity contribution is 0.0964. The molecule has 5 rings (SSSR count). The van der Waals surface area contributed by atoms with Crippen LogP contribution >= 0.6 is 0 Å². The van der Waals surface area contributed by atoms with Crippen molar-refractivity contribution in [3.8, 4) is 0 Å². The van der Waals surface area contributed by atoms with Crippen LogP contribution in [0.3, 0.4) is 0 Å². The Morgan fingerprint density at radius 3 is 2.38 bits per heavy atom. The SMILES string of the molecule is Cc1cc(C)cc(Nc2ncc3c(n2)CN([C@H]2CCCC(CCC(=O)c4ccc(C(=O)NS(C)(=O)=O)cc4)CC2)C3)c1. The number of hydrogen-bond donors (Lipinski definition) is 2. The van der Waals surface area contributed by atoms with Gasteiger partial charge in [-0.15, -0.1) is 0 Å². The Kier molecular flexibility index (Phi) is 9.03. The number of fused-ring (bicyclic) bond motifs is 1. The molecule has 0 radical (unpaired) electrons. The molecule has 0 spiro atoms. The molecule has 1 saturated carbocycles. The molecule has 42 heavy (non-hydrogen) atoms. The highest BCUT2D eigenvalue weighted by atomic mass is 32.2. The number of rotatable bonds is 9. The number of carbonyl (C=O) groups excluding carboxylic acids is 2. The summed E-state index contributed by atoms with van der Waals surface area (Å²) in [6.07, 6.45) is 9.83. The van der Waals surface area contributed by atoms with Crippen LogP contribution < -0.4 is 10.0 Å². The number of nitrogens with one attached hydrogen (secondary N) is 2. The molecular formula is C32H39N5O4S. The van der Waals surface area contributed by atoms with Crippen LogP contribution in [-0.2, 0) is 23.1 Å². The van der Waals surface area contributed by atoms with Gasteiger partial charge in [-0.2, -0.15) is 0 Å². The number of aryl methyl sites for hydroxylation is 2. The molecule has 0 saturated heterocycles. The zero-order valence-corrected chi connectivity index (χ0v) is 25.3. The van der Waals surface area contributed by atoms with Crippen LogP contribution in [0.2, 0.25) is 0 Å². The van der Waals surface area contributed by atoms with Gasteiger partial charge in [-0.1, -0.05) is 31.0 Å². The van der Waals surface area contributed by atoms with Crippen molar-refractivity contribution in [3.05, 3.63) is 82.2 Å².